The summed E-state index contributed by atoms with van der Waals surface area (Å²) in [6.07, 6.45) is 7.51. The molecule has 0 saturated carbocycles. The first kappa shape index (κ1) is 40.2. The normalized spacial score (nSPS) is 12.0. The van der Waals surface area contributed by atoms with E-state index in [0.717, 1.165) is 65.8 Å². The number of hydrogen-bond acceptors (Lipinski definition) is 6. The van der Waals surface area contributed by atoms with E-state index in [1.165, 1.54) is 27.1 Å². The molecule has 0 spiro atoms. The number of fused-ring (bicyclic) bond motifs is 2. The van der Waals surface area contributed by atoms with Crippen LogP contribution in [0.25, 0.3) is 43.5 Å². The number of nitrogens with zero attached hydrogens (tertiary/aromatic N) is 3. The van der Waals surface area contributed by atoms with Gasteiger partial charge in [0.05, 0.1) is 27.5 Å². The minimum Gasteiger partial charge on any atom is -0.512 e. The summed E-state index contributed by atoms with van der Waals surface area (Å²) in [4.78, 5) is 26.0. The van der Waals surface area contributed by atoms with E-state index < -0.39 is 0 Å². The van der Waals surface area contributed by atoms with Crippen molar-refractivity contribution in [1.82, 2.24) is 15.0 Å². The minimum absolute atomic E-state index is 0. The maximum Gasteiger partial charge on any atom is 0.162 e. The maximum atomic E-state index is 11.7. The summed E-state index contributed by atoms with van der Waals surface area (Å²) in [6, 6.07) is 20.6. The molecule has 5 nitrogen and oxygen atoms in total. The maximum absolute atomic E-state index is 11.7. The van der Waals surface area contributed by atoms with Crippen LogP contribution < -0.4 is 0 Å². The van der Waals surface area contributed by atoms with E-state index in [1.807, 2.05) is 33.8 Å². The molecule has 2 aromatic carbocycles. The Balaban J connectivity index is 0.000000347. The molecule has 49 heavy (non-hydrogen) atoms. The van der Waals surface area contributed by atoms with Gasteiger partial charge < -0.3 is 5.11 Å². The molecular formula is C42H52IrN3O2S-. The number of hydrogen-bond donors (Lipinski definition) is 1. The molecule has 1 N–H and O–H groups in total. The van der Waals surface area contributed by atoms with Crippen LogP contribution in [-0.4, -0.2) is 25.8 Å². The van der Waals surface area contributed by atoms with Gasteiger partial charge in [0.15, 0.2) is 5.78 Å². The van der Waals surface area contributed by atoms with Gasteiger partial charge in [-0.15, -0.1) is 40.5 Å². The summed E-state index contributed by atoms with van der Waals surface area (Å²) in [5.74, 6) is 1.09. The van der Waals surface area contributed by atoms with Crippen molar-refractivity contribution in [2.75, 3.05) is 0 Å². The van der Waals surface area contributed by atoms with Gasteiger partial charge in [-0.05, 0) is 72.4 Å². The van der Waals surface area contributed by atoms with Crippen molar-refractivity contribution in [2.24, 2.45) is 17.8 Å². The second kappa shape index (κ2) is 18.1. The third-order valence-corrected chi connectivity index (χ3v) is 9.96. The molecule has 5 aromatic rings. The molecule has 0 aliphatic rings. The summed E-state index contributed by atoms with van der Waals surface area (Å²) < 4.78 is 1.28. The molecule has 0 aliphatic carbocycles. The monoisotopic (exact) mass is 855 g/mol. The van der Waals surface area contributed by atoms with Crippen molar-refractivity contribution in [3.8, 4) is 22.6 Å². The van der Waals surface area contributed by atoms with Crippen LogP contribution in [0.3, 0.4) is 0 Å². The summed E-state index contributed by atoms with van der Waals surface area (Å²) in [5.41, 5.74) is 6.06. The molecule has 0 unspecified atom stereocenters. The van der Waals surface area contributed by atoms with E-state index in [1.54, 1.807) is 17.7 Å². The van der Waals surface area contributed by atoms with Gasteiger partial charge in [-0.3, -0.25) is 9.78 Å². The average Bonchev–Trinajstić information content (AvgIpc) is 3.54. The van der Waals surface area contributed by atoms with Gasteiger partial charge in [0, 0.05) is 43.7 Å². The summed E-state index contributed by atoms with van der Waals surface area (Å²) in [5, 5.41) is 15.5. The first-order valence-electron chi connectivity index (χ1n) is 17.5. The molecule has 5 rings (SSSR count). The molecule has 0 aliphatic heterocycles. The zero-order valence-corrected chi connectivity index (χ0v) is 33.8. The fourth-order valence-corrected chi connectivity index (χ4v) is 6.99. The number of aromatic nitrogens is 3. The van der Waals surface area contributed by atoms with E-state index in [2.05, 4.69) is 98.5 Å². The van der Waals surface area contributed by atoms with E-state index in [4.69, 9.17) is 4.98 Å². The minimum atomic E-state index is 0. The number of carbonyl (C=O) groups excluding carboxylic acids is 1. The molecule has 7 heteroatoms. The first-order chi connectivity index (χ1) is 22.9. The Morgan fingerprint density at radius 2 is 1.55 bits per heavy atom. The molecule has 0 atom stereocenters. The Hall–Kier alpha value is -3.25. The van der Waals surface area contributed by atoms with Gasteiger partial charge in [-0.25, -0.2) is 9.97 Å². The van der Waals surface area contributed by atoms with Crippen LogP contribution in [0.2, 0.25) is 0 Å². The smallest absolute Gasteiger partial charge is 0.162 e. The quantitative estimate of drug-likeness (QED) is 0.0814. The fourth-order valence-electron chi connectivity index (χ4n) is 6.11. The molecule has 0 fully saturated rings. The van der Waals surface area contributed by atoms with Crippen molar-refractivity contribution >= 4 is 38.0 Å². The third kappa shape index (κ3) is 10.2. The SMILES string of the molecule is CC(C)Cc1nc(-c2cc(-c3[c-]c4ccccc4c(C(C)(C)C)c3)ncn2)cc2ccsc12.CCC(CC)C(=O)/C=C(\O)C(CC)CC.[Ir]. The van der Waals surface area contributed by atoms with Crippen LogP contribution in [-0.2, 0) is 36.7 Å². The van der Waals surface area contributed by atoms with Crippen molar-refractivity contribution in [1.29, 1.82) is 0 Å². The number of allylic oxidation sites excluding steroid dienone is 2. The Bertz CT molecular complexity index is 1860. The number of aliphatic hydroxyl groups is 1. The molecule has 0 saturated heterocycles. The van der Waals surface area contributed by atoms with Gasteiger partial charge in [0.25, 0.3) is 0 Å². The van der Waals surface area contributed by atoms with E-state index in [-0.39, 0.29) is 48.9 Å². The topological polar surface area (TPSA) is 76.0 Å². The molecule has 263 valence electrons. The van der Waals surface area contributed by atoms with Crippen molar-refractivity contribution in [2.45, 2.75) is 99.8 Å². The fraction of sp³-hybridized carbons (Fsp3) is 0.429. The predicted molar refractivity (Wildman–Crippen MR) is 204 cm³/mol. The predicted octanol–water partition coefficient (Wildman–Crippen LogP) is 11.7. The summed E-state index contributed by atoms with van der Waals surface area (Å²) in [6.45, 7) is 19.3. The zero-order chi connectivity index (χ0) is 35.0. The van der Waals surface area contributed by atoms with Crippen molar-refractivity contribution < 1.29 is 30.0 Å². The van der Waals surface area contributed by atoms with Gasteiger partial charge in [-0.2, -0.15) is 0 Å². The number of ketones is 1. The van der Waals surface area contributed by atoms with Gasteiger partial charge >= 0.3 is 0 Å². The third-order valence-electron chi connectivity index (χ3n) is 8.98. The largest absolute Gasteiger partial charge is 0.512 e. The van der Waals surface area contributed by atoms with Crippen LogP contribution in [0, 0.1) is 23.8 Å². The molecule has 3 heterocycles. The van der Waals surface area contributed by atoms with Crippen LogP contribution in [0.4, 0.5) is 0 Å². The molecular weight excluding hydrogens is 803 g/mol. The average molecular weight is 855 g/mol. The Kier molecular flexibility index (Phi) is 14.9. The number of thiophene rings is 1. The number of aliphatic hydroxyl groups excluding tert-OH is 1. The van der Waals surface area contributed by atoms with Crippen LogP contribution in [0.1, 0.15) is 99.3 Å². The summed E-state index contributed by atoms with van der Waals surface area (Å²) in [7, 11) is 0. The zero-order valence-electron chi connectivity index (χ0n) is 30.6. The Morgan fingerprint density at radius 1 is 0.898 bits per heavy atom. The second-order valence-corrected chi connectivity index (χ2v) is 15.0. The first-order valence-corrected chi connectivity index (χ1v) is 18.4. The molecule has 0 amide bonds. The Morgan fingerprint density at radius 3 is 2.18 bits per heavy atom. The molecule has 0 bridgehead atoms. The van der Waals surface area contributed by atoms with Crippen LogP contribution >= 0.6 is 11.3 Å². The van der Waals surface area contributed by atoms with E-state index in [9.17, 15) is 9.90 Å². The van der Waals surface area contributed by atoms with Gasteiger partial charge in [-0.1, -0.05) is 91.5 Å². The van der Waals surface area contributed by atoms with E-state index in [0.29, 0.717) is 5.92 Å². The standard InChI is InChI=1S/C29H28N3S.C13H24O2.Ir/c1-18(2)12-27-28-20(10-11-33-28)15-26(32-27)25-16-24(30-17-31-25)21-13-19-8-6-7-9-22(19)23(14-21)29(3,4)5;1-5-10(6-2)12(14)9-13(15)11(7-3)8-4;/h6-11,14-18H,12H2,1-5H3;9-11,14H,5-8H2,1-4H3;/q-1;;/b;12-9-;. The van der Waals surface area contributed by atoms with Gasteiger partial charge in [0.2, 0.25) is 0 Å². The van der Waals surface area contributed by atoms with Crippen molar-refractivity contribution in [3.63, 3.8) is 0 Å². The number of benzene rings is 2. The van der Waals surface area contributed by atoms with Crippen molar-refractivity contribution in [3.05, 3.63) is 89.4 Å². The van der Waals surface area contributed by atoms with Crippen LogP contribution in [0.15, 0.2) is 72.1 Å². The molecule has 3 aromatic heterocycles. The number of rotatable bonds is 11. The number of pyridine rings is 1. The van der Waals surface area contributed by atoms with E-state index >= 15 is 0 Å². The second-order valence-electron chi connectivity index (χ2n) is 14.1. The molecule has 1 radical (unpaired) electrons. The summed E-state index contributed by atoms with van der Waals surface area (Å²) >= 11 is 1.76. The number of carbonyl (C=O) groups is 1. The van der Waals surface area contributed by atoms with Gasteiger partial charge in [0.1, 0.15) is 6.33 Å². The van der Waals surface area contributed by atoms with Crippen LogP contribution in [0.5, 0.6) is 0 Å². The Labute approximate surface area is 311 Å².